The van der Waals surface area contributed by atoms with E-state index in [9.17, 15) is 26.3 Å². The molecule has 0 amide bonds. The largest absolute Gasteiger partial charge is 0.416 e. The Hall–Kier alpha value is -2.26. The normalized spacial score (nSPS) is 16.7. The molecule has 0 unspecified atom stereocenters. The lowest BCUT2D eigenvalue weighted by atomic mass is 9.96. The lowest BCUT2D eigenvalue weighted by Crippen LogP contribution is -2.22. The molecule has 0 atom stereocenters. The average molecular weight is 379 g/mol. The van der Waals surface area contributed by atoms with E-state index in [0.717, 1.165) is 32.1 Å². The standard InChI is InChI=1S/C16H15F6N3O/c17-15(18,19)10-6-9(7-11(8-10)16(20,21)22)13-24-14(26-25-13)23-12-4-2-1-3-5-12/h6-8,12H,1-5H2,(H,23,24,25). The molecule has 0 aliphatic heterocycles. The van der Waals surface area contributed by atoms with Crippen LogP contribution in [0.5, 0.6) is 0 Å². The van der Waals surface area contributed by atoms with E-state index in [1.807, 2.05) is 0 Å². The number of aromatic nitrogens is 2. The number of alkyl halides is 6. The zero-order valence-electron chi connectivity index (χ0n) is 13.4. The maximum Gasteiger partial charge on any atom is 0.416 e. The van der Waals surface area contributed by atoms with Gasteiger partial charge in [-0.05, 0) is 31.0 Å². The van der Waals surface area contributed by atoms with Crippen LogP contribution in [-0.4, -0.2) is 16.2 Å². The van der Waals surface area contributed by atoms with Gasteiger partial charge < -0.3 is 9.84 Å². The van der Waals surface area contributed by atoms with Crippen LogP contribution in [0.2, 0.25) is 0 Å². The van der Waals surface area contributed by atoms with Crippen LogP contribution in [0.3, 0.4) is 0 Å². The fourth-order valence-electron chi connectivity index (χ4n) is 2.90. The van der Waals surface area contributed by atoms with Gasteiger partial charge in [0.15, 0.2) is 0 Å². The first-order valence-corrected chi connectivity index (χ1v) is 8.03. The van der Waals surface area contributed by atoms with Crippen molar-refractivity contribution in [3.8, 4) is 11.4 Å². The molecule has 4 nitrogen and oxygen atoms in total. The van der Waals surface area contributed by atoms with Crippen LogP contribution in [0, 0.1) is 0 Å². The lowest BCUT2D eigenvalue weighted by molar-refractivity contribution is -0.143. The van der Waals surface area contributed by atoms with Crippen molar-refractivity contribution in [2.45, 2.75) is 50.5 Å². The van der Waals surface area contributed by atoms with Gasteiger partial charge in [0, 0.05) is 11.6 Å². The number of benzene rings is 1. The molecular formula is C16H15F6N3O. The van der Waals surface area contributed by atoms with Crippen molar-refractivity contribution in [1.29, 1.82) is 0 Å². The van der Waals surface area contributed by atoms with Gasteiger partial charge in [-0.25, -0.2) is 0 Å². The van der Waals surface area contributed by atoms with Crippen LogP contribution < -0.4 is 5.32 Å². The molecule has 1 heterocycles. The number of nitrogens with zero attached hydrogens (tertiary/aromatic N) is 2. The molecule has 0 bridgehead atoms. The van der Waals surface area contributed by atoms with Crippen molar-refractivity contribution in [2.24, 2.45) is 0 Å². The number of hydrogen-bond acceptors (Lipinski definition) is 4. The number of nitrogens with one attached hydrogen (secondary N) is 1. The molecule has 1 fully saturated rings. The third kappa shape index (κ3) is 4.28. The van der Waals surface area contributed by atoms with Crippen LogP contribution >= 0.6 is 0 Å². The van der Waals surface area contributed by atoms with Gasteiger partial charge in [-0.15, -0.1) is 0 Å². The minimum Gasteiger partial charge on any atom is -0.335 e. The second kappa shape index (κ2) is 6.81. The first-order chi connectivity index (χ1) is 12.1. The van der Waals surface area contributed by atoms with Crippen molar-refractivity contribution in [3.05, 3.63) is 29.3 Å². The summed E-state index contributed by atoms with van der Waals surface area (Å²) in [5, 5.41) is 6.49. The molecule has 0 radical (unpaired) electrons. The van der Waals surface area contributed by atoms with Crippen molar-refractivity contribution < 1.29 is 30.9 Å². The lowest BCUT2D eigenvalue weighted by Gasteiger charge is -2.21. The monoisotopic (exact) mass is 379 g/mol. The van der Waals surface area contributed by atoms with Crippen LogP contribution in [0.25, 0.3) is 11.4 Å². The minimum atomic E-state index is -4.93. The van der Waals surface area contributed by atoms with Crippen molar-refractivity contribution >= 4 is 6.01 Å². The molecule has 10 heteroatoms. The van der Waals surface area contributed by atoms with Gasteiger partial charge in [0.05, 0.1) is 11.1 Å². The van der Waals surface area contributed by atoms with E-state index in [1.165, 1.54) is 0 Å². The predicted octanol–water partition coefficient (Wildman–Crippen LogP) is 5.52. The van der Waals surface area contributed by atoms with Crippen LogP contribution in [-0.2, 0) is 12.4 Å². The summed E-state index contributed by atoms with van der Waals surface area (Å²) >= 11 is 0. The van der Waals surface area contributed by atoms with E-state index in [4.69, 9.17) is 4.52 Å². The summed E-state index contributed by atoms with van der Waals surface area (Å²) in [7, 11) is 0. The van der Waals surface area contributed by atoms with Gasteiger partial charge in [0.25, 0.3) is 0 Å². The zero-order chi connectivity index (χ0) is 18.9. The highest BCUT2D eigenvalue weighted by molar-refractivity contribution is 5.59. The van der Waals surface area contributed by atoms with Crippen molar-refractivity contribution in [1.82, 2.24) is 10.1 Å². The maximum absolute atomic E-state index is 12.9. The second-order valence-electron chi connectivity index (χ2n) is 6.20. The fourth-order valence-corrected chi connectivity index (χ4v) is 2.90. The second-order valence-corrected chi connectivity index (χ2v) is 6.20. The predicted molar refractivity (Wildman–Crippen MR) is 80.2 cm³/mol. The molecular weight excluding hydrogens is 364 g/mol. The summed E-state index contributed by atoms with van der Waals surface area (Å²) < 4.78 is 82.5. The van der Waals surface area contributed by atoms with E-state index in [-0.39, 0.29) is 23.9 Å². The molecule has 0 spiro atoms. The van der Waals surface area contributed by atoms with Gasteiger partial charge in [0.2, 0.25) is 5.82 Å². The van der Waals surface area contributed by atoms with Gasteiger partial charge in [-0.2, -0.15) is 31.3 Å². The maximum atomic E-state index is 12.9. The van der Waals surface area contributed by atoms with Gasteiger partial charge in [-0.1, -0.05) is 24.4 Å². The Kier molecular flexibility index (Phi) is 4.85. The molecule has 2 aromatic rings. The first kappa shape index (κ1) is 18.5. The van der Waals surface area contributed by atoms with E-state index in [0.29, 0.717) is 12.1 Å². The molecule has 26 heavy (non-hydrogen) atoms. The molecule has 1 aliphatic rings. The Morgan fingerprint density at radius 2 is 1.46 bits per heavy atom. The van der Waals surface area contributed by atoms with Crippen LogP contribution in [0.15, 0.2) is 22.7 Å². The van der Waals surface area contributed by atoms with Gasteiger partial charge in [-0.3, -0.25) is 0 Å². The highest BCUT2D eigenvalue weighted by atomic mass is 19.4. The molecule has 1 aromatic heterocycles. The summed E-state index contributed by atoms with van der Waals surface area (Å²) in [5.74, 6) is -0.333. The average Bonchev–Trinajstić information content (AvgIpc) is 3.02. The molecule has 1 aromatic carbocycles. The summed E-state index contributed by atoms with van der Waals surface area (Å²) in [6.07, 6.45) is -4.90. The summed E-state index contributed by atoms with van der Waals surface area (Å²) in [6.45, 7) is 0. The molecule has 142 valence electrons. The molecule has 3 rings (SSSR count). The van der Waals surface area contributed by atoms with Gasteiger partial charge >= 0.3 is 18.4 Å². The third-order valence-electron chi connectivity index (χ3n) is 4.20. The number of anilines is 1. The third-order valence-corrected chi connectivity index (χ3v) is 4.20. The minimum absolute atomic E-state index is 0.0159. The Balaban J connectivity index is 1.90. The Morgan fingerprint density at radius 1 is 0.885 bits per heavy atom. The number of halogens is 6. The smallest absolute Gasteiger partial charge is 0.335 e. The van der Waals surface area contributed by atoms with Crippen molar-refractivity contribution in [3.63, 3.8) is 0 Å². The van der Waals surface area contributed by atoms with E-state index < -0.39 is 29.0 Å². The summed E-state index contributed by atoms with van der Waals surface area (Å²) in [4.78, 5) is 3.90. The summed E-state index contributed by atoms with van der Waals surface area (Å²) in [6, 6.07) is 1.29. The topological polar surface area (TPSA) is 51.0 Å². The highest BCUT2D eigenvalue weighted by Crippen LogP contribution is 2.38. The van der Waals surface area contributed by atoms with E-state index in [2.05, 4.69) is 15.5 Å². The first-order valence-electron chi connectivity index (χ1n) is 8.03. The fraction of sp³-hybridized carbons (Fsp3) is 0.500. The number of rotatable bonds is 3. The Labute approximate surface area is 144 Å². The van der Waals surface area contributed by atoms with Crippen LogP contribution in [0.1, 0.15) is 43.2 Å². The van der Waals surface area contributed by atoms with Crippen LogP contribution in [0.4, 0.5) is 32.4 Å². The quantitative estimate of drug-likeness (QED) is 0.714. The highest BCUT2D eigenvalue weighted by Gasteiger charge is 2.37. The molecule has 1 aliphatic carbocycles. The molecule has 1 saturated carbocycles. The SMILES string of the molecule is FC(F)(F)c1cc(-c2noc(NC3CCCCC3)n2)cc(C(F)(F)F)c1. The molecule has 1 N–H and O–H groups in total. The zero-order valence-corrected chi connectivity index (χ0v) is 13.4. The Bertz CT molecular complexity index is 730. The van der Waals surface area contributed by atoms with Crippen molar-refractivity contribution in [2.75, 3.05) is 5.32 Å². The molecule has 0 saturated heterocycles. The Morgan fingerprint density at radius 3 is 2.00 bits per heavy atom. The van der Waals surface area contributed by atoms with E-state index >= 15 is 0 Å². The summed E-state index contributed by atoms with van der Waals surface area (Å²) in [5.41, 5.74) is -3.25. The van der Waals surface area contributed by atoms with Gasteiger partial charge in [0.1, 0.15) is 0 Å². The van der Waals surface area contributed by atoms with E-state index in [1.54, 1.807) is 0 Å². The number of hydrogen-bond donors (Lipinski definition) is 1.